The molecule has 0 heterocycles. The summed E-state index contributed by atoms with van der Waals surface area (Å²) in [4.78, 5) is -3.36. The number of benzene rings is 1. The van der Waals surface area contributed by atoms with Crippen molar-refractivity contribution in [2.45, 2.75) is 67.5 Å². The van der Waals surface area contributed by atoms with Crippen LogP contribution in [-0.2, 0) is 28.6 Å². The molecule has 0 aromatic heterocycles. The first kappa shape index (κ1) is 31.2. The molecule has 204 valence electrons. The van der Waals surface area contributed by atoms with Gasteiger partial charge in [0.2, 0.25) is 0 Å². The van der Waals surface area contributed by atoms with E-state index in [2.05, 4.69) is 8.37 Å². The highest BCUT2D eigenvalue weighted by molar-refractivity contribution is 7.87. The molecule has 1 rings (SSSR count). The lowest BCUT2D eigenvalue weighted by Gasteiger charge is -2.25. The number of hydrogen-bond acceptors (Lipinski definition) is 6. The van der Waals surface area contributed by atoms with Gasteiger partial charge in [-0.05, 0) is 37.5 Å². The zero-order chi connectivity index (χ0) is 28.2. The molecule has 6 nitrogen and oxygen atoms in total. The maximum absolute atomic E-state index is 12.7. The Morgan fingerprint density at radius 1 is 0.571 bits per heavy atom. The normalized spacial score (nSPS) is 14.8. The van der Waals surface area contributed by atoms with E-state index in [1.807, 2.05) is 0 Å². The summed E-state index contributed by atoms with van der Waals surface area (Å²) in [6.45, 7) is 1.86. The van der Waals surface area contributed by atoms with Crippen LogP contribution in [0.3, 0.4) is 0 Å². The molecule has 0 aliphatic rings. The van der Waals surface area contributed by atoms with Gasteiger partial charge in [0.05, 0.1) is 0 Å². The number of halogens is 12. The maximum Gasteiger partial charge on any atom is 0.425 e. The van der Waals surface area contributed by atoms with Crippen LogP contribution in [0.15, 0.2) is 15.9 Å². The highest BCUT2D eigenvalue weighted by atomic mass is 32.2. The van der Waals surface area contributed by atoms with Gasteiger partial charge in [-0.25, -0.2) is 8.37 Å². The molecular formula is C15H12F12O6S2. The predicted octanol–water partition coefficient (Wildman–Crippen LogP) is 5.01. The summed E-state index contributed by atoms with van der Waals surface area (Å²) in [5.74, 6) is 0. The van der Waals surface area contributed by atoms with Gasteiger partial charge < -0.3 is 0 Å². The Morgan fingerprint density at radius 2 is 0.800 bits per heavy atom. The van der Waals surface area contributed by atoms with Crippen LogP contribution in [0.5, 0.6) is 0 Å². The van der Waals surface area contributed by atoms with Crippen molar-refractivity contribution in [3.05, 3.63) is 22.8 Å². The van der Waals surface area contributed by atoms with E-state index in [1.54, 1.807) is 0 Å². The van der Waals surface area contributed by atoms with Crippen molar-refractivity contribution in [3.8, 4) is 0 Å². The Bertz CT molecular complexity index is 1050. The third kappa shape index (κ3) is 7.13. The van der Waals surface area contributed by atoms with Gasteiger partial charge in [-0.2, -0.15) is 69.5 Å². The van der Waals surface area contributed by atoms with Crippen LogP contribution < -0.4 is 0 Å². The summed E-state index contributed by atoms with van der Waals surface area (Å²) in [5.41, 5.74) is -2.84. The maximum atomic E-state index is 12.7. The number of hydrogen-bond donors (Lipinski definition) is 0. The van der Waals surface area contributed by atoms with Crippen molar-refractivity contribution in [3.63, 3.8) is 0 Å². The van der Waals surface area contributed by atoms with Gasteiger partial charge >= 0.3 is 24.7 Å². The second-order valence-electron chi connectivity index (χ2n) is 6.82. The Morgan fingerprint density at radius 3 is 1.00 bits per heavy atom. The van der Waals surface area contributed by atoms with E-state index in [0.29, 0.717) is 13.0 Å². The van der Waals surface area contributed by atoms with Gasteiger partial charge in [0.1, 0.15) is 9.79 Å². The van der Waals surface area contributed by atoms with Crippen molar-refractivity contribution in [1.82, 2.24) is 0 Å². The van der Waals surface area contributed by atoms with E-state index < -0.39 is 83.6 Å². The molecule has 20 heteroatoms. The fraction of sp³-hybridized carbons (Fsp3) is 0.600. The van der Waals surface area contributed by atoms with Gasteiger partial charge in [0, 0.05) is 0 Å². The summed E-state index contributed by atoms with van der Waals surface area (Å²) < 4.78 is 208. The van der Waals surface area contributed by atoms with Crippen LogP contribution in [-0.4, -0.2) is 53.7 Å². The lowest BCUT2D eigenvalue weighted by atomic mass is 10.1. The Kier molecular flexibility index (Phi) is 8.26. The molecule has 0 aliphatic heterocycles. The first-order chi connectivity index (χ1) is 15.1. The monoisotopic (exact) mass is 580 g/mol. The van der Waals surface area contributed by atoms with Gasteiger partial charge in [0.25, 0.3) is 32.4 Å². The lowest BCUT2D eigenvalue weighted by Crippen LogP contribution is -2.46. The molecule has 0 radical (unpaired) electrons. The summed E-state index contributed by atoms with van der Waals surface area (Å²) >= 11 is 0. The van der Waals surface area contributed by atoms with Gasteiger partial charge in [0.15, 0.2) is 0 Å². The minimum atomic E-state index is -6.34. The molecule has 1 aromatic carbocycles. The van der Waals surface area contributed by atoms with Crippen LogP contribution in [0, 0.1) is 20.8 Å². The molecule has 0 saturated heterocycles. The molecule has 0 saturated carbocycles. The minimum Gasteiger partial charge on any atom is -0.244 e. The standard InChI is InChI=1S/C15H12F12O6S2/c1-5-4-6(2)9(35(30,31)33-11(14(22,23)24)15(25,26)27)7(3)8(5)34(28,29)32-10(12(16,17)18)13(19,20)21/h4,10-11H,1-3H3. The molecule has 0 amide bonds. The van der Waals surface area contributed by atoms with E-state index in [9.17, 15) is 69.5 Å². The Balaban J connectivity index is 3.80. The van der Waals surface area contributed by atoms with E-state index >= 15 is 0 Å². The lowest BCUT2D eigenvalue weighted by molar-refractivity contribution is -0.299. The number of rotatable bonds is 6. The number of alkyl halides is 12. The molecule has 0 spiro atoms. The summed E-state index contributed by atoms with van der Waals surface area (Å²) in [7, 11) is -12.4. The zero-order valence-electron chi connectivity index (χ0n) is 17.0. The van der Waals surface area contributed by atoms with Crippen molar-refractivity contribution >= 4 is 20.2 Å². The van der Waals surface area contributed by atoms with Crippen LogP contribution in [0.4, 0.5) is 52.7 Å². The summed E-state index contributed by atoms with van der Waals surface area (Å²) in [6, 6.07) is 0.450. The van der Waals surface area contributed by atoms with E-state index in [0.717, 1.165) is 13.8 Å². The van der Waals surface area contributed by atoms with Gasteiger partial charge in [-0.15, -0.1) is 0 Å². The van der Waals surface area contributed by atoms with Crippen LogP contribution in [0.1, 0.15) is 16.7 Å². The quantitative estimate of drug-likeness (QED) is 0.348. The Hall–Kier alpha value is -1.80. The molecule has 0 fully saturated rings. The van der Waals surface area contributed by atoms with Crippen molar-refractivity contribution in [2.24, 2.45) is 0 Å². The van der Waals surface area contributed by atoms with Crippen LogP contribution in [0.2, 0.25) is 0 Å². The third-order valence-electron chi connectivity index (χ3n) is 3.97. The molecule has 0 atom stereocenters. The van der Waals surface area contributed by atoms with E-state index in [1.165, 1.54) is 0 Å². The third-order valence-corrected chi connectivity index (χ3v) is 7.11. The predicted molar refractivity (Wildman–Crippen MR) is 89.0 cm³/mol. The van der Waals surface area contributed by atoms with Crippen molar-refractivity contribution in [2.75, 3.05) is 0 Å². The first-order valence-electron chi connectivity index (χ1n) is 8.38. The van der Waals surface area contributed by atoms with Crippen LogP contribution in [0.25, 0.3) is 0 Å². The molecule has 1 aromatic rings. The molecule has 0 bridgehead atoms. The summed E-state index contributed by atoms with van der Waals surface area (Å²) in [5, 5.41) is 0. The van der Waals surface area contributed by atoms with Gasteiger partial charge in [-0.3, -0.25) is 0 Å². The van der Waals surface area contributed by atoms with Crippen molar-refractivity contribution in [1.29, 1.82) is 0 Å². The molecule has 0 unspecified atom stereocenters. The minimum absolute atomic E-state index is 0.388. The van der Waals surface area contributed by atoms with E-state index in [4.69, 9.17) is 0 Å². The van der Waals surface area contributed by atoms with Crippen molar-refractivity contribution < 1.29 is 77.9 Å². The average Bonchev–Trinajstić information content (AvgIpc) is 2.52. The molecule has 0 N–H and O–H groups in total. The first-order valence-corrected chi connectivity index (χ1v) is 11.2. The topological polar surface area (TPSA) is 86.7 Å². The zero-order valence-corrected chi connectivity index (χ0v) is 18.7. The SMILES string of the molecule is Cc1cc(C)c(S(=O)(=O)OC(C(F)(F)F)C(F)(F)F)c(C)c1S(=O)(=O)OC(C(F)(F)F)C(F)(F)F. The Labute approximate surface area is 189 Å². The fourth-order valence-corrected chi connectivity index (χ4v) is 5.92. The fourth-order valence-electron chi connectivity index (χ4n) is 2.86. The molecular weight excluding hydrogens is 568 g/mol. The van der Waals surface area contributed by atoms with E-state index in [-0.39, 0.29) is 0 Å². The molecule has 35 heavy (non-hydrogen) atoms. The second-order valence-corrected chi connectivity index (χ2v) is 9.84. The highest BCUT2D eigenvalue weighted by Gasteiger charge is 2.61. The average molecular weight is 580 g/mol. The number of aryl methyl sites for hydroxylation is 2. The second kappa shape index (κ2) is 9.25. The molecule has 0 aliphatic carbocycles. The highest BCUT2D eigenvalue weighted by Crippen LogP contribution is 2.41. The summed E-state index contributed by atoms with van der Waals surface area (Å²) in [6.07, 6.45) is -35.2. The van der Waals surface area contributed by atoms with Crippen LogP contribution >= 0.6 is 0 Å². The largest absolute Gasteiger partial charge is 0.425 e. The smallest absolute Gasteiger partial charge is 0.244 e. The van der Waals surface area contributed by atoms with Gasteiger partial charge in [-0.1, -0.05) is 6.07 Å².